The van der Waals surface area contributed by atoms with Gasteiger partial charge in [0.2, 0.25) is 0 Å². The predicted molar refractivity (Wildman–Crippen MR) is 77.6 cm³/mol. The number of fused-ring (bicyclic) bond motifs is 1. The number of carbonyl (C=O) groups excluding carboxylic acids is 1. The van der Waals surface area contributed by atoms with Gasteiger partial charge >= 0.3 is 0 Å². The van der Waals surface area contributed by atoms with Crippen molar-refractivity contribution in [1.29, 1.82) is 0 Å². The van der Waals surface area contributed by atoms with Crippen LogP contribution >= 0.6 is 11.6 Å². The molecule has 0 aliphatic heterocycles. The maximum atomic E-state index is 12.4. The van der Waals surface area contributed by atoms with Crippen LogP contribution in [0.2, 0.25) is 19.6 Å². The molecule has 0 heterocycles. The van der Waals surface area contributed by atoms with Gasteiger partial charge in [-0.1, -0.05) is 12.8 Å². The number of carbonyl (C=O) groups is 1. The van der Waals surface area contributed by atoms with Crippen LogP contribution in [-0.2, 0) is 9.22 Å². The predicted octanol–water partition coefficient (Wildman–Crippen LogP) is 4.13. The zero-order valence-electron chi connectivity index (χ0n) is 11.8. The van der Waals surface area contributed by atoms with E-state index in [1.54, 1.807) is 0 Å². The third-order valence-corrected chi connectivity index (χ3v) is 5.78. The molecular formula is C14H25ClO2Si. The van der Waals surface area contributed by atoms with Gasteiger partial charge in [0.1, 0.15) is 5.78 Å². The summed E-state index contributed by atoms with van der Waals surface area (Å²) in [4.78, 5) is 12.4. The van der Waals surface area contributed by atoms with Crippen molar-refractivity contribution in [3.8, 4) is 0 Å². The molecule has 2 rings (SSSR count). The van der Waals surface area contributed by atoms with E-state index in [-0.39, 0.29) is 16.9 Å². The lowest BCUT2D eigenvalue weighted by molar-refractivity contribution is -0.133. The fourth-order valence-corrected chi connectivity index (χ4v) is 5.67. The molecule has 3 atom stereocenters. The first-order valence-corrected chi connectivity index (χ1v) is 11.1. The highest BCUT2D eigenvalue weighted by Crippen LogP contribution is 2.47. The minimum atomic E-state index is -1.69. The lowest BCUT2D eigenvalue weighted by atomic mass is 9.72. The smallest absolute Gasteiger partial charge is 0.184 e. The Labute approximate surface area is 117 Å². The number of hydrogen-bond acceptors (Lipinski definition) is 2. The van der Waals surface area contributed by atoms with E-state index < -0.39 is 8.32 Å². The number of Topliss-reactive ketones (excluding diaryl/α,β-unsaturated/α-hetero) is 1. The van der Waals surface area contributed by atoms with Crippen molar-refractivity contribution in [2.45, 2.75) is 75.6 Å². The van der Waals surface area contributed by atoms with Crippen LogP contribution in [0.1, 0.15) is 44.9 Å². The molecule has 0 aromatic heterocycles. The molecule has 4 heteroatoms. The lowest BCUT2D eigenvalue weighted by Crippen LogP contribution is -2.56. The monoisotopic (exact) mass is 288 g/mol. The molecule has 2 saturated carbocycles. The minimum absolute atomic E-state index is 0.0148. The summed E-state index contributed by atoms with van der Waals surface area (Å²) in [5, 5.41) is 0.0148. The average molecular weight is 289 g/mol. The molecule has 0 radical (unpaired) electrons. The SMILES string of the molecule is C[Si](C)(C)O[C@]12CCCCC1C(=O)CCC[C@H]2Cl. The van der Waals surface area contributed by atoms with Crippen LogP contribution in [-0.4, -0.2) is 25.1 Å². The van der Waals surface area contributed by atoms with E-state index in [9.17, 15) is 4.79 Å². The molecule has 104 valence electrons. The summed E-state index contributed by atoms with van der Waals surface area (Å²) in [5.74, 6) is 0.457. The van der Waals surface area contributed by atoms with Gasteiger partial charge in [-0.15, -0.1) is 11.6 Å². The highest BCUT2D eigenvalue weighted by atomic mass is 35.5. The topological polar surface area (TPSA) is 26.3 Å². The molecule has 0 bridgehead atoms. The maximum absolute atomic E-state index is 12.4. The van der Waals surface area contributed by atoms with Crippen molar-refractivity contribution >= 4 is 25.7 Å². The van der Waals surface area contributed by atoms with E-state index in [1.165, 1.54) is 0 Å². The van der Waals surface area contributed by atoms with Gasteiger partial charge in [0.05, 0.1) is 11.0 Å². The zero-order chi connectivity index (χ0) is 13.4. The minimum Gasteiger partial charge on any atom is -0.410 e. The zero-order valence-corrected chi connectivity index (χ0v) is 13.6. The highest BCUT2D eigenvalue weighted by Gasteiger charge is 2.52. The largest absolute Gasteiger partial charge is 0.410 e. The summed E-state index contributed by atoms with van der Waals surface area (Å²) in [7, 11) is -1.69. The summed E-state index contributed by atoms with van der Waals surface area (Å²) in [6.45, 7) is 6.60. The van der Waals surface area contributed by atoms with E-state index in [4.69, 9.17) is 16.0 Å². The Kier molecular flexibility index (Phi) is 4.25. The standard InChI is InChI=1S/C14H25ClO2Si/c1-18(2,3)17-14-10-5-4-7-11(14)12(16)8-6-9-13(14)15/h11,13H,4-10H2,1-3H3/t11?,13-,14-/m1/s1. The fraction of sp³-hybridized carbons (Fsp3) is 0.929. The number of alkyl halides is 1. The molecule has 0 spiro atoms. The van der Waals surface area contributed by atoms with Gasteiger partial charge in [0.25, 0.3) is 0 Å². The third-order valence-electron chi connectivity index (χ3n) is 4.20. The summed E-state index contributed by atoms with van der Waals surface area (Å²) >= 11 is 6.67. The summed E-state index contributed by atoms with van der Waals surface area (Å²) < 4.78 is 6.52. The van der Waals surface area contributed by atoms with Crippen molar-refractivity contribution in [3.63, 3.8) is 0 Å². The molecule has 0 N–H and O–H groups in total. The van der Waals surface area contributed by atoms with Crippen molar-refractivity contribution in [2.75, 3.05) is 0 Å². The van der Waals surface area contributed by atoms with Gasteiger partial charge in [-0.25, -0.2) is 0 Å². The summed E-state index contributed by atoms with van der Waals surface area (Å²) in [6.07, 6.45) is 6.81. The molecule has 2 aliphatic carbocycles. The van der Waals surface area contributed by atoms with Gasteiger partial charge < -0.3 is 4.43 Å². The van der Waals surface area contributed by atoms with Gasteiger partial charge in [0.15, 0.2) is 8.32 Å². The van der Waals surface area contributed by atoms with Crippen LogP contribution in [0.3, 0.4) is 0 Å². The van der Waals surface area contributed by atoms with E-state index in [2.05, 4.69) is 19.6 Å². The van der Waals surface area contributed by atoms with Crippen molar-refractivity contribution in [1.82, 2.24) is 0 Å². The number of hydrogen-bond donors (Lipinski definition) is 0. The molecule has 0 saturated heterocycles. The Morgan fingerprint density at radius 1 is 1.22 bits per heavy atom. The highest BCUT2D eigenvalue weighted by molar-refractivity contribution is 6.69. The Balaban J connectivity index is 2.35. The quantitative estimate of drug-likeness (QED) is 0.564. The number of halogens is 1. The van der Waals surface area contributed by atoms with Crippen molar-refractivity contribution in [2.24, 2.45) is 5.92 Å². The second-order valence-corrected chi connectivity index (χ2v) is 11.7. The second-order valence-electron chi connectivity index (χ2n) is 6.79. The van der Waals surface area contributed by atoms with Crippen LogP contribution in [0.15, 0.2) is 0 Å². The van der Waals surface area contributed by atoms with Crippen LogP contribution in [0.5, 0.6) is 0 Å². The molecule has 2 aliphatic rings. The molecule has 0 aromatic rings. The van der Waals surface area contributed by atoms with Crippen LogP contribution < -0.4 is 0 Å². The van der Waals surface area contributed by atoms with Crippen LogP contribution in [0.4, 0.5) is 0 Å². The summed E-state index contributed by atoms with van der Waals surface area (Å²) in [5.41, 5.74) is -0.349. The third kappa shape index (κ3) is 2.83. The normalized spacial score (nSPS) is 38.1. The molecule has 18 heavy (non-hydrogen) atoms. The first kappa shape index (κ1) is 14.5. The maximum Gasteiger partial charge on any atom is 0.184 e. The lowest BCUT2D eigenvalue weighted by Gasteiger charge is -2.48. The Hall–Kier alpha value is 0.137. The molecule has 2 nitrogen and oxygen atoms in total. The van der Waals surface area contributed by atoms with E-state index in [0.29, 0.717) is 12.2 Å². The van der Waals surface area contributed by atoms with Gasteiger partial charge in [0, 0.05) is 12.3 Å². The summed E-state index contributed by atoms with van der Waals surface area (Å²) in [6, 6.07) is 0. The van der Waals surface area contributed by atoms with Crippen molar-refractivity contribution in [3.05, 3.63) is 0 Å². The first-order valence-electron chi connectivity index (χ1n) is 7.22. The van der Waals surface area contributed by atoms with E-state index >= 15 is 0 Å². The number of ketones is 1. The fourth-order valence-electron chi connectivity index (χ4n) is 3.61. The second kappa shape index (κ2) is 5.26. The molecule has 1 unspecified atom stereocenters. The van der Waals surface area contributed by atoms with Crippen molar-refractivity contribution < 1.29 is 9.22 Å². The first-order chi connectivity index (χ1) is 8.35. The Morgan fingerprint density at radius 3 is 2.61 bits per heavy atom. The van der Waals surface area contributed by atoms with Gasteiger partial charge in [-0.05, 0) is 45.3 Å². The molecule has 0 amide bonds. The van der Waals surface area contributed by atoms with Crippen LogP contribution in [0, 0.1) is 5.92 Å². The van der Waals surface area contributed by atoms with Gasteiger partial charge in [-0.3, -0.25) is 4.79 Å². The molecular weight excluding hydrogens is 264 g/mol. The van der Waals surface area contributed by atoms with Gasteiger partial charge in [-0.2, -0.15) is 0 Å². The Bertz CT molecular complexity index is 326. The van der Waals surface area contributed by atoms with E-state index in [1.807, 2.05) is 0 Å². The molecule has 0 aromatic carbocycles. The van der Waals surface area contributed by atoms with E-state index in [0.717, 1.165) is 38.5 Å². The Morgan fingerprint density at radius 2 is 1.94 bits per heavy atom. The van der Waals surface area contributed by atoms with Crippen LogP contribution in [0.25, 0.3) is 0 Å². The average Bonchev–Trinajstić information content (AvgIpc) is 2.37. The number of rotatable bonds is 2. The molecule has 2 fully saturated rings.